The van der Waals surface area contributed by atoms with Gasteiger partial charge in [-0.25, -0.2) is 0 Å². The Morgan fingerprint density at radius 1 is 1.06 bits per heavy atom. The molecular formula is C15H21N3. The fourth-order valence-electron chi connectivity index (χ4n) is 2.22. The minimum absolute atomic E-state index is 0.286. The number of hydrogen-bond donors (Lipinski definition) is 1. The van der Waals surface area contributed by atoms with Gasteiger partial charge in [-0.15, -0.1) is 0 Å². The topological polar surface area (TPSA) is 29.9 Å². The quantitative estimate of drug-likeness (QED) is 0.894. The number of nitrogens with zero attached hydrogens (tertiary/aromatic N) is 2. The van der Waals surface area contributed by atoms with Crippen molar-refractivity contribution in [3.05, 3.63) is 53.3 Å². The van der Waals surface area contributed by atoms with E-state index >= 15 is 0 Å². The van der Waals surface area contributed by atoms with Gasteiger partial charge in [-0.2, -0.15) is 5.10 Å². The van der Waals surface area contributed by atoms with Crippen LogP contribution in [0.15, 0.2) is 36.5 Å². The van der Waals surface area contributed by atoms with Gasteiger partial charge in [-0.1, -0.05) is 29.8 Å². The van der Waals surface area contributed by atoms with Gasteiger partial charge in [0.05, 0.1) is 5.69 Å². The SMILES string of the molecule is Cc1ccc([C@H](C)NC(C)c2ccnn2C)cc1. The van der Waals surface area contributed by atoms with Crippen LogP contribution < -0.4 is 5.32 Å². The van der Waals surface area contributed by atoms with E-state index in [1.54, 1.807) is 0 Å². The van der Waals surface area contributed by atoms with E-state index in [0.717, 1.165) is 0 Å². The number of benzene rings is 1. The van der Waals surface area contributed by atoms with Crippen LogP contribution >= 0.6 is 0 Å². The average molecular weight is 243 g/mol. The molecule has 0 radical (unpaired) electrons. The molecule has 0 spiro atoms. The summed E-state index contributed by atoms with van der Waals surface area (Å²) in [5, 5.41) is 7.80. The van der Waals surface area contributed by atoms with Crippen molar-refractivity contribution in [1.82, 2.24) is 15.1 Å². The molecule has 0 aliphatic heterocycles. The molecule has 1 N–H and O–H groups in total. The summed E-state index contributed by atoms with van der Waals surface area (Å²) in [6, 6.07) is 11.3. The van der Waals surface area contributed by atoms with Gasteiger partial charge in [0, 0.05) is 25.3 Å². The van der Waals surface area contributed by atoms with Crippen LogP contribution in [-0.2, 0) is 7.05 Å². The lowest BCUT2D eigenvalue weighted by Gasteiger charge is -2.20. The summed E-state index contributed by atoms with van der Waals surface area (Å²) >= 11 is 0. The molecule has 0 aliphatic carbocycles. The van der Waals surface area contributed by atoms with E-state index in [1.165, 1.54) is 16.8 Å². The predicted molar refractivity (Wildman–Crippen MR) is 74.4 cm³/mol. The van der Waals surface area contributed by atoms with E-state index in [4.69, 9.17) is 0 Å². The van der Waals surface area contributed by atoms with Crippen molar-refractivity contribution in [2.45, 2.75) is 32.9 Å². The lowest BCUT2D eigenvalue weighted by molar-refractivity contribution is 0.469. The molecule has 0 saturated heterocycles. The number of aryl methyl sites for hydroxylation is 2. The second-order valence-corrected chi connectivity index (χ2v) is 4.90. The highest BCUT2D eigenvalue weighted by molar-refractivity contribution is 5.24. The Labute approximate surface area is 109 Å². The summed E-state index contributed by atoms with van der Waals surface area (Å²) in [5.74, 6) is 0. The number of rotatable bonds is 4. The Morgan fingerprint density at radius 2 is 1.72 bits per heavy atom. The summed E-state index contributed by atoms with van der Waals surface area (Å²) in [7, 11) is 1.98. The van der Waals surface area contributed by atoms with E-state index in [0.29, 0.717) is 6.04 Å². The first-order valence-electron chi connectivity index (χ1n) is 6.38. The van der Waals surface area contributed by atoms with Gasteiger partial charge in [0.2, 0.25) is 0 Å². The molecule has 2 aromatic rings. The van der Waals surface area contributed by atoms with E-state index < -0.39 is 0 Å². The molecule has 1 heterocycles. The fourth-order valence-corrected chi connectivity index (χ4v) is 2.22. The van der Waals surface area contributed by atoms with Crippen molar-refractivity contribution >= 4 is 0 Å². The Bertz CT molecular complexity index is 499. The Balaban J connectivity index is 2.05. The third kappa shape index (κ3) is 2.79. The first-order valence-corrected chi connectivity index (χ1v) is 6.38. The van der Waals surface area contributed by atoms with Gasteiger partial charge in [-0.05, 0) is 32.4 Å². The van der Waals surface area contributed by atoms with Gasteiger partial charge >= 0.3 is 0 Å². The summed E-state index contributed by atoms with van der Waals surface area (Å²) in [6.45, 7) is 6.47. The molecule has 0 fully saturated rings. The third-order valence-electron chi connectivity index (χ3n) is 3.38. The van der Waals surface area contributed by atoms with Crippen LogP contribution in [0, 0.1) is 6.92 Å². The molecule has 0 bridgehead atoms. The van der Waals surface area contributed by atoms with Crippen LogP contribution in [0.2, 0.25) is 0 Å². The van der Waals surface area contributed by atoms with Crippen LogP contribution in [0.3, 0.4) is 0 Å². The molecule has 1 unspecified atom stereocenters. The van der Waals surface area contributed by atoms with E-state index in [9.17, 15) is 0 Å². The molecule has 1 aromatic carbocycles. The van der Waals surface area contributed by atoms with Crippen molar-refractivity contribution < 1.29 is 0 Å². The number of aromatic nitrogens is 2. The average Bonchev–Trinajstić information content (AvgIpc) is 2.76. The van der Waals surface area contributed by atoms with Crippen LogP contribution in [0.4, 0.5) is 0 Å². The van der Waals surface area contributed by atoms with E-state index in [1.807, 2.05) is 17.9 Å². The molecule has 18 heavy (non-hydrogen) atoms. The molecule has 0 amide bonds. The van der Waals surface area contributed by atoms with Crippen molar-refractivity contribution in [2.75, 3.05) is 0 Å². The van der Waals surface area contributed by atoms with Crippen molar-refractivity contribution in [2.24, 2.45) is 7.05 Å². The summed E-state index contributed by atoms with van der Waals surface area (Å²) in [5.41, 5.74) is 3.81. The fraction of sp³-hybridized carbons (Fsp3) is 0.400. The van der Waals surface area contributed by atoms with Gasteiger partial charge in [0.1, 0.15) is 0 Å². The van der Waals surface area contributed by atoms with Crippen LogP contribution in [0.25, 0.3) is 0 Å². The van der Waals surface area contributed by atoms with E-state index in [-0.39, 0.29) is 6.04 Å². The zero-order valence-electron chi connectivity index (χ0n) is 11.5. The lowest BCUT2D eigenvalue weighted by atomic mass is 10.1. The third-order valence-corrected chi connectivity index (χ3v) is 3.38. The highest BCUT2D eigenvalue weighted by atomic mass is 15.3. The standard InChI is InChI=1S/C15H21N3/c1-11-5-7-14(8-6-11)12(2)17-13(3)15-9-10-16-18(15)4/h5-10,12-13,17H,1-4H3/t12-,13?/m0/s1. The monoisotopic (exact) mass is 243 g/mol. The lowest BCUT2D eigenvalue weighted by Crippen LogP contribution is -2.24. The van der Waals surface area contributed by atoms with Gasteiger partial charge < -0.3 is 5.32 Å². The second kappa shape index (κ2) is 5.36. The molecule has 2 atom stereocenters. The summed E-state index contributed by atoms with van der Waals surface area (Å²) in [6.07, 6.45) is 1.84. The van der Waals surface area contributed by atoms with E-state index in [2.05, 4.69) is 61.5 Å². The Kier molecular flexibility index (Phi) is 3.82. The van der Waals surface area contributed by atoms with Crippen molar-refractivity contribution in [3.8, 4) is 0 Å². The van der Waals surface area contributed by atoms with Crippen LogP contribution in [0.5, 0.6) is 0 Å². The first kappa shape index (κ1) is 12.8. The summed E-state index contributed by atoms with van der Waals surface area (Å²) < 4.78 is 1.92. The normalized spacial score (nSPS) is 14.4. The molecule has 3 heteroatoms. The zero-order valence-corrected chi connectivity index (χ0v) is 11.5. The maximum absolute atomic E-state index is 4.21. The number of hydrogen-bond acceptors (Lipinski definition) is 2. The molecular weight excluding hydrogens is 222 g/mol. The first-order chi connectivity index (χ1) is 8.58. The number of nitrogens with one attached hydrogen (secondary N) is 1. The smallest absolute Gasteiger partial charge is 0.0547 e. The van der Waals surface area contributed by atoms with Gasteiger partial charge in [0.15, 0.2) is 0 Å². The molecule has 3 nitrogen and oxygen atoms in total. The maximum Gasteiger partial charge on any atom is 0.0547 e. The largest absolute Gasteiger partial charge is 0.302 e. The molecule has 2 rings (SSSR count). The van der Waals surface area contributed by atoms with Crippen molar-refractivity contribution in [1.29, 1.82) is 0 Å². The molecule has 0 aliphatic rings. The van der Waals surface area contributed by atoms with Gasteiger partial charge in [0.25, 0.3) is 0 Å². The highest BCUT2D eigenvalue weighted by Crippen LogP contribution is 2.19. The minimum atomic E-state index is 0.286. The maximum atomic E-state index is 4.21. The van der Waals surface area contributed by atoms with Crippen LogP contribution in [0.1, 0.15) is 42.8 Å². The predicted octanol–water partition coefficient (Wildman–Crippen LogP) is 3.14. The Morgan fingerprint density at radius 3 is 2.28 bits per heavy atom. The zero-order chi connectivity index (χ0) is 13.1. The highest BCUT2D eigenvalue weighted by Gasteiger charge is 2.13. The minimum Gasteiger partial charge on any atom is -0.302 e. The molecule has 96 valence electrons. The van der Waals surface area contributed by atoms with Gasteiger partial charge in [-0.3, -0.25) is 4.68 Å². The Hall–Kier alpha value is -1.61. The summed E-state index contributed by atoms with van der Waals surface area (Å²) in [4.78, 5) is 0. The van der Waals surface area contributed by atoms with Crippen molar-refractivity contribution in [3.63, 3.8) is 0 Å². The second-order valence-electron chi connectivity index (χ2n) is 4.90. The molecule has 0 saturated carbocycles. The van der Waals surface area contributed by atoms with Crippen LogP contribution in [-0.4, -0.2) is 9.78 Å². The molecule has 1 aromatic heterocycles.